The number of hydrogen-bond donors (Lipinski definition) is 1. The standard InChI is InChI=1S/C9H15NO4/c1-3-14-9(13)7-5-10(2)4-6(7)8(11)12/h6-7H,3-5H2,1-2H3,(H,11,12)/t6-,7-/m0/s1. The maximum Gasteiger partial charge on any atom is 0.311 e. The Bertz CT molecular complexity index is 241. The van der Waals surface area contributed by atoms with Crippen LogP contribution in [0, 0.1) is 11.8 Å². The van der Waals surface area contributed by atoms with E-state index in [1.807, 2.05) is 4.90 Å². The second-order valence-corrected chi connectivity index (χ2v) is 3.52. The molecule has 1 fully saturated rings. The minimum absolute atomic E-state index is 0.297. The van der Waals surface area contributed by atoms with E-state index < -0.39 is 23.8 Å². The van der Waals surface area contributed by atoms with Crippen molar-refractivity contribution in [1.82, 2.24) is 4.90 Å². The number of carbonyl (C=O) groups excluding carboxylic acids is 1. The van der Waals surface area contributed by atoms with Gasteiger partial charge in [-0.15, -0.1) is 0 Å². The number of likely N-dealkylation sites (tertiary alicyclic amines) is 1. The average Bonchev–Trinajstić information content (AvgIpc) is 2.48. The first-order valence-electron chi connectivity index (χ1n) is 4.64. The Labute approximate surface area is 82.6 Å². The van der Waals surface area contributed by atoms with Crippen molar-refractivity contribution in [2.24, 2.45) is 11.8 Å². The molecule has 80 valence electrons. The Hall–Kier alpha value is -1.10. The van der Waals surface area contributed by atoms with Gasteiger partial charge in [0.15, 0.2) is 0 Å². The van der Waals surface area contributed by atoms with Gasteiger partial charge in [0.05, 0.1) is 18.4 Å². The Balaban J connectivity index is 2.66. The van der Waals surface area contributed by atoms with Gasteiger partial charge < -0.3 is 14.7 Å². The van der Waals surface area contributed by atoms with Gasteiger partial charge in [-0.25, -0.2) is 0 Å². The summed E-state index contributed by atoms with van der Waals surface area (Å²) in [6.45, 7) is 2.90. The first-order valence-corrected chi connectivity index (χ1v) is 4.64. The molecule has 5 nitrogen and oxygen atoms in total. The Morgan fingerprint density at radius 3 is 2.50 bits per heavy atom. The molecule has 1 aliphatic heterocycles. The van der Waals surface area contributed by atoms with Crippen LogP contribution >= 0.6 is 0 Å². The maximum absolute atomic E-state index is 11.4. The predicted molar refractivity (Wildman–Crippen MR) is 48.7 cm³/mol. The van der Waals surface area contributed by atoms with Crippen molar-refractivity contribution in [3.05, 3.63) is 0 Å². The van der Waals surface area contributed by atoms with Gasteiger partial charge in [0.1, 0.15) is 0 Å². The molecule has 0 saturated carbocycles. The number of carboxylic acid groups (broad SMARTS) is 1. The molecule has 1 saturated heterocycles. The van der Waals surface area contributed by atoms with Crippen LogP contribution in [0.25, 0.3) is 0 Å². The van der Waals surface area contributed by atoms with Crippen LogP contribution in [0.15, 0.2) is 0 Å². The number of carbonyl (C=O) groups is 2. The third-order valence-electron chi connectivity index (χ3n) is 2.41. The summed E-state index contributed by atoms with van der Waals surface area (Å²) in [6, 6.07) is 0. The van der Waals surface area contributed by atoms with Gasteiger partial charge in [-0.1, -0.05) is 0 Å². The molecule has 0 unspecified atom stereocenters. The predicted octanol–water partition coefficient (Wildman–Crippen LogP) is -0.188. The fraction of sp³-hybridized carbons (Fsp3) is 0.778. The van der Waals surface area contributed by atoms with Crippen LogP contribution in [-0.2, 0) is 14.3 Å². The van der Waals surface area contributed by atoms with Crippen molar-refractivity contribution in [2.75, 3.05) is 26.7 Å². The fourth-order valence-corrected chi connectivity index (χ4v) is 1.74. The summed E-state index contributed by atoms with van der Waals surface area (Å²) in [5, 5.41) is 8.88. The molecule has 0 aromatic rings. The monoisotopic (exact) mass is 201 g/mol. The summed E-state index contributed by atoms with van der Waals surface area (Å²) in [5.41, 5.74) is 0. The summed E-state index contributed by atoms with van der Waals surface area (Å²) in [6.07, 6.45) is 0. The van der Waals surface area contributed by atoms with Crippen LogP contribution in [0.1, 0.15) is 6.92 Å². The molecule has 2 atom stereocenters. The van der Waals surface area contributed by atoms with E-state index in [4.69, 9.17) is 9.84 Å². The number of rotatable bonds is 3. The van der Waals surface area contributed by atoms with Gasteiger partial charge in [-0.2, -0.15) is 0 Å². The largest absolute Gasteiger partial charge is 0.481 e. The van der Waals surface area contributed by atoms with E-state index in [1.54, 1.807) is 14.0 Å². The third-order valence-corrected chi connectivity index (χ3v) is 2.41. The highest BCUT2D eigenvalue weighted by molar-refractivity contribution is 5.82. The lowest BCUT2D eigenvalue weighted by atomic mass is 9.96. The lowest BCUT2D eigenvalue weighted by Crippen LogP contribution is -2.29. The third kappa shape index (κ3) is 2.23. The number of carboxylic acids is 1. The highest BCUT2D eigenvalue weighted by atomic mass is 16.5. The zero-order valence-corrected chi connectivity index (χ0v) is 8.40. The molecule has 0 aromatic heterocycles. The van der Waals surface area contributed by atoms with Crippen molar-refractivity contribution < 1.29 is 19.4 Å². The normalized spacial score (nSPS) is 27.6. The van der Waals surface area contributed by atoms with E-state index in [2.05, 4.69) is 0 Å². The van der Waals surface area contributed by atoms with E-state index in [0.29, 0.717) is 19.7 Å². The molecule has 1 heterocycles. The van der Waals surface area contributed by atoms with Crippen LogP contribution in [0.2, 0.25) is 0 Å². The Morgan fingerprint density at radius 2 is 2.00 bits per heavy atom. The zero-order chi connectivity index (χ0) is 10.7. The van der Waals surface area contributed by atoms with Crippen molar-refractivity contribution in [1.29, 1.82) is 0 Å². The van der Waals surface area contributed by atoms with E-state index in [0.717, 1.165) is 0 Å². The highest BCUT2D eigenvalue weighted by Crippen LogP contribution is 2.23. The molecule has 14 heavy (non-hydrogen) atoms. The molecule has 0 radical (unpaired) electrons. The van der Waals surface area contributed by atoms with Crippen LogP contribution in [0.4, 0.5) is 0 Å². The fourth-order valence-electron chi connectivity index (χ4n) is 1.74. The van der Waals surface area contributed by atoms with E-state index in [-0.39, 0.29) is 0 Å². The number of ether oxygens (including phenoxy) is 1. The van der Waals surface area contributed by atoms with Gasteiger partial charge in [-0.3, -0.25) is 9.59 Å². The molecular weight excluding hydrogens is 186 g/mol. The molecule has 0 aliphatic carbocycles. The molecule has 1 aliphatic rings. The molecule has 1 N–H and O–H groups in total. The molecule has 0 aromatic carbocycles. The number of nitrogens with zero attached hydrogens (tertiary/aromatic N) is 1. The van der Waals surface area contributed by atoms with E-state index >= 15 is 0 Å². The smallest absolute Gasteiger partial charge is 0.311 e. The van der Waals surface area contributed by atoms with E-state index in [9.17, 15) is 9.59 Å². The van der Waals surface area contributed by atoms with Crippen LogP contribution in [0.3, 0.4) is 0 Å². The molecule has 5 heteroatoms. The Morgan fingerprint density at radius 1 is 1.43 bits per heavy atom. The lowest BCUT2D eigenvalue weighted by molar-refractivity contribution is -0.155. The second kappa shape index (κ2) is 4.41. The number of esters is 1. The van der Waals surface area contributed by atoms with Crippen molar-refractivity contribution in [2.45, 2.75) is 6.92 Å². The molecular formula is C9H15NO4. The minimum atomic E-state index is -0.924. The van der Waals surface area contributed by atoms with Crippen LogP contribution in [0.5, 0.6) is 0 Å². The minimum Gasteiger partial charge on any atom is -0.481 e. The van der Waals surface area contributed by atoms with E-state index in [1.165, 1.54) is 0 Å². The molecule has 1 rings (SSSR count). The summed E-state index contributed by atoms with van der Waals surface area (Å²) in [7, 11) is 1.80. The van der Waals surface area contributed by atoms with Crippen LogP contribution in [-0.4, -0.2) is 48.7 Å². The quantitative estimate of drug-likeness (QED) is 0.641. The summed E-state index contributed by atoms with van der Waals surface area (Å²) < 4.78 is 4.83. The lowest BCUT2D eigenvalue weighted by Gasteiger charge is -2.12. The Kier molecular flexibility index (Phi) is 3.46. The number of hydrogen-bond acceptors (Lipinski definition) is 4. The zero-order valence-electron chi connectivity index (χ0n) is 8.40. The maximum atomic E-state index is 11.4. The first-order chi connectivity index (χ1) is 6.56. The highest BCUT2D eigenvalue weighted by Gasteiger charge is 2.41. The van der Waals surface area contributed by atoms with Crippen molar-refractivity contribution in [3.63, 3.8) is 0 Å². The SMILES string of the molecule is CCOC(=O)[C@H]1CN(C)C[C@@H]1C(=O)O. The van der Waals surface area contributed by atoms with Gasteiger partial charge in [-0.05, 0) is 14.0 Å². The number of aliphatic carboxylic acids is 1. The molecule has 0 amide bonds. The summed E-state index contributed by atoms with van der Waals surface area (Å²) in [4.78, 5) is 24.1. The molecule has 0 bridgehead atoms. The second-order valence-electron chi connectivity index (χ2n) is 3.52. The van der Waals surface area contributed by atoms with Gasteiger partial charge in [0.2, 0.25) is 0 Å². The average molecular weight is 201 g/mol. The van der Waals surface area contributed by atoms with Crippen LogP contribution < -0.4 is 0 Å². The summed E-state index contributed by atoms with van der Waals surface area (Å²) in [5.74, 6) is -2.46. The van der Waals surface area contributed by atoms with Crippen molar-refractivity contribution >= 4 is 11.9 Å². The van der Waals surface area contributed by atoms with Gasteiger partial charge >= 0.3 is 11.9 Å². The van der Waals surface area contributed by atoms with Gasteiger partial charge in [0.25, 0.3) is 0 Å². The van der Waals surface area contributed by atoms with Crippen molar-refractivity contribution in [3.8, 4) is 0 Å². The van der Waals surface area contributed by atoms with Gasteiger partial charge in [0, 0.05) is 13.1 Å². The molecule has 0 spiro atoms. The topological polar surface area (TPSA) is 66.8 Å². The summed E-state index contributed by atoms with van der Waals surface area (Å²) >= 11 is 0. The first kappa shape index (κ1) is 11.0.